The molecule has 1 saturated heterocycles. The highest BCUT2D eigenvalue weighted by molar-refractivity contribution is 5.89. The van der Waals surface area contributed by atoms with Gasteiger partial charge in [0.15, 0.2) is 12.2 Å². The molecule has 22 heavy (non-hydrogen) atoms. The Labute approximate surface area is 126 Å². The van der Waals surface area contributed by atoms with Crippen LogP contribution in [0.25, 0.3) is 0 Å². The molecule has 0 unspecified atom stereocenters. The molecule has 120 valence electrons. The Bertz CT molecular complexity index is 534. The maximum absolute atomic E-state index is 13.7. The van der Waals surface area contributed by atoms with Crippen molar-refractivity contribution in [1.82, 2.24) is 0 Å². The van der Waals surface area contributed by atoms with Gasteiger partial charge in [0, 0.05) is 6.92 Å². The third kappa shape index (κ3) is 3.61. The minimum Gasteiger partial charge on any atom is -0.454 e. The summed E-state index contributed by atoms with van der Waals surface area (Å²) in [4.78, 5) is 23.0. The van der Waals surface area contributed by atoms with Crippen LogP contribution < -0.4 is 0 Å². The smallest absolute Gasteiger partial charge is 0.338 e. The van der Waals surface area contributed by atoms with Crippen LogP contribution in [0.3, 0.4) is 0 Å². The van der Waals surface area contributed by atoms with Crippen molar-refractivity contribution in [1.29, 1.82) is 0 Å². The first-order chi connectivity index (χ1) is 10.4. The lowest BCUT2D eigenvalue weighted by molar-refractivity contribution is -0.259. The van der Waals surface area contributed by atoms with Gasteiger partial charge in [0.2, 0.25) is 6.36 Å². The van der Waals surface area contributed by atoms with E-state index in [1.54, 1.807) is 30.3 Å². The standard InChI is InChI=1S/C15H17FO6/c1-8-12(22-15(19)10-6-4-3-5-7-10)11(18)13(14(16)20-8)21-9(2)17/h3-8,11-14,18H,1-2H3/t8-,11+,12+,13-,14+/m1/s1. The summed E-state index contributed by atoms with van der Waals surface area (Å²) in [7, 11) is 0. The normalized spacial score (nSPS) is 31.4. The molecule has 0 radical (unpaired) electrons. The molecule has 1 aromatic carbocycles. The highest BCUT2D eigenvalue weighted by Crippen LogP contribution is 2.27. The van der Waals surface area contributed by atoms with Gasteiger partial charge in [-0.3, -0.25) is 4.79 Å². The topological polar surface area (TPSA) is 82.1 Å². The molecule has 1 heterocycles. The van der Waals surface area contributed by atoms with E-state index in [0.29, 0.717) is 0 Å². The van der Waals surface area contributed by atoms with Crippen molar-refractivity contribution in [3.63, 3.8) is 0 Å². The van der Waals surface area contributed by atoms with Gasteiger partial charge in [-0.05, 0) is 19.1 Å². The number of alkyl halides is 1. The molecule has 0 spiro atoms. The molecular formula is C15H17FO6. The molecule has 1 aromatic rings. The molecule has 6 nitrogen and oxygen atoms in total. The predicted octanol–water partition coefficient (Wildman–Crippen LogP) is 1.22. The van der Waals surface area contributed by atoms with Crippen LogP contribution in [-0.4, -0.2) is 47.8 Å². The number of carbonyl (C=O) groups is 2. The van der Waals surface area contributed by atoms with Crippen molar-refractivity contribution in [2.75, 3.05) is 0 Å². The van der Waals surface area contributed by atoms with Crippen molar-refractivity contribution in [3.8, 4) is 0 Å². The van der Waals surface area contributed by atoms with Crippen LogP contribution in [0.2, 0.25) is 0 Å². The van der Waals surface area contributed by atoms with E-state index in [9.17, 15) is 19.1 Å². The summed E-state index contributed by atoms with van der Waals surface area (Å²) in [5.41, 5.74) is 0.285. The zero-order chi connectivity index (χ0) is 16.3. The van der Waals surface area contributed by atoms with Gasteiger partial charge in [-0.1, -0.05) is 18.2 Å². The molecule has 1 fully saturated rings. The Morgan fingerprint density at radius 1 is 1.18 bits per heavy atom. The second-order valence-electron chi connectivity index (χ2n) is 4.99. The summed E-state index contributed by atoms with van der Waals surface area (Å²) < 4.78 is 28.6. The van der Waals surface area contributed by atoms with Crippen LogP contribution in [0.1, 0.15) is 24.2 Å². The third-order valence-corrected chi connectivity index (χ3v) is 3.29. The summed E-state index contributed by atoms with van der Waals surface area (Å²) >= 11 is 0. The fraction of sp³-hybridized carbons (Fsp3) is 0.467. The summed E-state index contributed by atoms with van der Waals surface area (Å²) in [5.74, 6) is -1.45. The summed E-state index contributed by atoms with van der Waals surface area (Å²) in [6.45, 7) is 2.55. The zero-order valence-corrected chi connectivity index (χ0v) is 12.1. The van der Waals surface area contributed by atoms with Gasteiger partial charge < -0.3 is 19.3 Å². The average Bonchev–Trinajstić information content (AvgIpc) is 2.48. The molecule has 2 rings (SSSR count). The van der Waals surface area contributed by atoms with Crippen LogP contribution in [0.5, 0.6) is 0 Å². The zero-order valence-electron chi connectivity index (χ0n) is 12.1. The number of halogens is 1. The molecule has 5 atom stereocenters. The maximum atomic E-state index is 13.7. The van der Waals surface area contributed by atoms with Crippen LogP contribution in [0.15, 0.2) is 30.3 Å². The van der Waals surface area contributed by atoms with E-state index < -0.39 is 42.7 Å². The monoisotopic (exact) mass is 312 g/mol. The lowest BCUT2D eigenvalue weighted by atomic mass is 10.00. The molecule has 0 saturated carbocycles. The van der Waals surface area contributed by atoms with Gasteiger partial charge in [0.05, 0.1) is 11.7 Å². The second-order valence-corrected chi connectivity index (χ2v) is 4.99. The number of aliphatic hydroxyl groups is 1. The van der Waals surface area contributed by atoms with Gasteiger partial charge in [-0.2, -0.15) is 0 Å². The highest BCUT2D eigenvalue weighted by Gasteiger charge is 2.48. The average molecular weight is 312 g/mol. The Morgan fingerprint density at radius 3 is 2.41 bits per heavy atom. The lowest BCUT2D eigenvalue weighted by Crippen LogP contribution is -2.58. The van der Waals surface area contributed by atoms with Gasteiger partial charge >= 0.3 is 11.9 Å². The van der Waals surface area contributed by atoms with Crippen LogP contribution in [0.4, 0.5) is 4.39 Å². The van der Waals surface area contributed by atoms with E-state index in [-0.39, 0.29) is 5.56 Å². The Balaban J connectivity index is 2.11. The Kier molecular flexibility index (Phi) is 5.10. The van der Waals surface area contributed by atoms with Crippen molar-refractivity contribution >= 4 is 11.9 Å². The molecule has 7 heteroatoms. The summed E-state index contributed by atoms with van der Waals surface area (Å²) in [6, 6.07) is 8.15. The van der Waals surface area contributed by atoms with Crippen molar-refractivity contribution in [2.24, 2.45) is 0 Å². The van der Waals surface area contributed by atoms with E-state index >= 15 is 0 Å². The number of hydrogen-bond acceptors (Lipinski definition) is 6. The quantitative estimate of drug-likeness (QED) is 0.845. The molecular weight excluding hydrogens is 295 g/mol. The first-order valence-corrected chi connectivity index (χ1v) is 6.81. The van der Waals surface area contributed by atoms with Gasteiger partial charge in [-0.15, -0.1) is 0 Å². The number of carbonyl (C=O) groups excluding carboxylic acids is 2. The lowest BCUT2D eigenvalue weighted by Gasteiger charge is -2.39. The van der Waals surface area contributed by atoms with Gasteiger partial charge in [0.25, 0.3) is 0 Å². The largest absolute Gasteiger partial charge is 0.454 e. The van der Waals surface area contributed by atoms with Crippen molar-refractivity contribution in [3.05, 3.63) is 35.9 Å². The number of aliphatic hydroxyl groups excluding tert-OH is 1. The highest BCUT2D eigenvalue weighted by atomic mass is 19.1. The minimum absolute atomic E-state index is 0.285. The molecule has 0 amide bonds. The molecule has 1 aliphatic rings. The minimum atomic E-state index is -1.99. The van der Waals surface area contributed by atoms with Crippen LogP contribution in [-0.2, 0) is 19.0 Å². The van der Waals surface area contributed by atoms with Crippen molar-refractivity contribution in [2.45, 2.75) is 44.6 Å². The van der Waals surface area contributed by atoms with E-state index in [1.807, 2.05) is 0 Å². The molecule has 0 aliphatic carbocycles. The summed E-state index contributed by atoms with van der Waals surface area (Å²) in [6.07, 6.45) is -7.08. The van der Waals surface area contributed by atoms with E-state index in [1.165, 1.54) is 6.92 Å². The van der Waals surface area contributed by atoms with E-state index in [0.717, 1.165) is 6.92 Å². The SMILES string of the molecule is CC(=O)O[C@@H]1[C@@H](O)[C@@H](OC(=O)c2ccccc2)[C@@H](C)O[C@@H]1F. The summed E-state index contributed by atoms with van der Waals surface area (Å²) in [5, 5.41) is 10.1. The van der Waals surface area contributed by atoms with Crippen LogP contribution >= 0.6 is 0 Å². The fourth-order valence-electron chi connectivity index (χ4n) is 2.23. The van der Waals surface area contributed by atoms with Crippen LogP contribution in [0, 0.1) is 0 Å². The first kappa shape index (κ1) is 16.4. The number of ether oxygens (including phenoxy) is 3. The van der Waals surface area contributed by atoms with E-state index in [4.69, 9.17) is 14.2 Å². The Hall–Kier alpha value is -1.99. The van der Waals surface area contributed by atoms with Gasteiger partial charge in [-0.25, -0.2) is 9.18 Å². The third-order valence-electron chi connectivity index (χ3n) is 3.29. The van der Waals surface area contributed by atoms with Gasteiger partial charge in [0.1, 0.15) is 6.10 Å². The molecule has 1 N–H and O–H groups in total. The molecule has 0 aromatic heterocycles. The predicted molar refractivity (Wildman–Crippen MR) is 72.6 cm³/mol. The first-order valence-electron chi connectivity index (χ1n) is 6.81. The number of hydrogen-bond donors (Lipinski definition) is 1. The van der Waals surface area contributed by atoms with E-state index in [2.05, 4.69) is 0 Å². The van der Waals surface area contributed by atoms with Crippen molar-refractivity contribution < 1.29 is 33.3 Å². The number of esters is 2. The number of benzene rings is 1. The number of rotatable bonds is 3. The maximum Gasteiger partial charge on any atom is 0.338 e. The second kappa shape index (κ2) is 6.85. The molecule has 0 bridgehead atoms. The Morgan fingerprint density at radius 2 is 1.82 bits per heavy atom. The molecule has 1 aliphatic heterocycles. The fourth-order valence-corrected chi connectivity index (χ4v) is 2.23.